The second kappa shape index (κ2) is 9.03. The van der Waals surface area contributed by atoms with Crippen LogP contribution in [0.15, 0.2) is 40.9 Å². The average Bonchev–Trinajstić information content (AvgIpc) is 3.52. The molecule has 9 heteroatoms. The van der Waals surface area contributed by atoms with Crippen molar-refractivity contribution in [2.24, 2.45) is 0 Å². The van der Waals surface area contributed by atoms with E-state index in [-0.39, 0.29) is 17.6 Å². The maximum atomic E-state index is 14.1. The highest BCUT2D eigenvalue weighted by Crippen LogP contribution is 2.42. The van der Waals surface area contributed by atoms with Crippen molar-refractivity contribution < 1.29 is 18.1 Å². The Hall–Kier alpha value is -3.20. The number of aryl methyl sites for hydroxylation is 2. The quantitative estimate of drug-likeness (QED) is 0.314. The van der Waals surface area contributed by atoms with Gasteiger partial charge in [0.2, 0.25) is 5.91 Å². The molecule has 0 bridgehead atoms. The van der Waals surface area contributed by atoms with Gasteiger partial charge in [-0.1, -0.05) is 11.2 Å². The number of carbonyl (C=O) groups is 1. The standard InChI is InChI=1S/C27H26F2N4O2S/c1-15-26(16(2)35-31-15)17-3-4-23-22(11-17)30-27(33(23)20-7-9-36-10-8-20)24-5-6-25(34)32(24)21-13-18(28)12-19(29)14-21/h3-4,11-14,20,24H,5-10H2,1-2H3. The van der Waals surface area contributed by atoms with Crippen LogP contribution < -0.4 is 4.90 Å². The van der Waals surface area contributed by atoms with E-state index in [0.29, 0.717) is 12.8 Å². The highest BCUT2D eigenvalue weighted by Gasteiger charge is 2.38. The molecule has 0 spiro atoms. The molecule has 6 nitrogen and oxygen atoms in total. The summed E-state index contributed by atoms with van der Waals surface area (Å²) in [5, 5.41) is 4.09. The number of benzene rings is 2. The maximum absolute atomic E-state index is 14.1. The zero-order valence-electron chi connectivity index (χ0n) is 20.1. The van der Waals surface area contributed by atoms with Crippen molar-refractivity contribution in [2.75, 3.05) is 16.4 Å². The summed E-state index contributed by atoms with van der Waals surface area (Å²) >= 11 is 1.95. The minimum absolute atomic E-state index is 0.154. The van der Waals surface area contributed by atoms with Gasteiger partial charge < -0.3 is 14.0 Å². The second-order valence-corrected chi connectivity index (χ2v) is 10.8. The number of amides is 1. The Bertz CT molecular complexity index is 1430. The summed E-state index contributed by atoms with van der Waals surface area (Å²) in [7, 11) is 0. The van der Waals surface area contributed by atoms with Gasteiger partial charge in [-0.15, -0.1) is 0 Å². The third-order valence-corrected chi connectivity index (χ3v) is 8.28. The minimum Gasteiger partial charge on any atom is -0.361 e. The molecule has 2 aromatic carbocycles. The van der Waals surface area contributed by atoms with Gasteiger partial charge in [0, 0.05) is 24.1 Å². The summed E-state index contributed by atoms with van der Waals surface area (Å²) in [5.74, 6) is 2.08. The van der Waals surface area contributed by atoms with E-state index in [2.05, 4.69) is 21.9 Å². The molecule has 1 unspecified atom stereocenters. The minimum atomic E-state index is -0.703. The molecule has 0 N–H and O–H groups in total. The van der Waals surface area contributed by atoms with Crippen molar-refractivity contribution in [3.8, 4) is 11.1 Å². The fourth-order valence-electron chi connectivity index (χ4n) is 5.66. The van der Waals surface area contributed by atoms with Crippen LogP contribution in [0.25, 0.3) is 22.2 Å². The predicted octanol–water partition coefficient (Wildman–Crippen LogP) is 6.52. The van der Waals surface area contributed by atoms with Gasteiger partial charge in [0.25, 0.3) is 0 Å². The van der Waals surface area contributed by atoms with E-state index in [0.717, 1.165) is 69.9 Å². The third kappa shape index (κ3) is 3.89. The topological polar surface area (TPSA) is 64.2 Å². The van der Waals surface area contributed by atoms with Crippen LogP contribution in [0.3, 0.4) is 0 Å². The van der Waals surface area contributed by atoms with Crippen LogP contribution in [0.1, 0.15) is 55.0 Å². The van der Waals surface area contributed by atoms with Gasteiger partial charge in [0.1, 0.15) is 23.2 Å². The van der Waals surface area contributed by atoms with E-state index in [4.69, 9.17) is 9.51 Å². The van der Waals surface area contributed by atoms with Crippen LogP contribution in [0, 0.1) is 25.5 Å². The Morgan fingerprint density at radius 3 is 2.47 bits per heavy atom. The first kappa shape index (κ1) is 23.2. The number of halogens is 2. The molecule has 0 saturated carbocycles. The summed E-state index contributed by atoms with van der Waals surface area (Å²) < 4.78 is 35.9. The van der Waals surface area contributed by atoms with Crippen molar-refractivity contribution in [3.05, 3.63) is 65.3 Å². The number of carbonyl (C=O) groups excluding carboxylic acids is 1. The third-order valence-electron chi connectivity index (χ3n) is 7.23. The number of rotatable bonds is 4. The van der Waals surface area contributed by atoms with Crippen molar-refractivity contribution in [3.63, 3.8) is 0 Å². The Morgan fingerprint density at radius 2 is 1.78 bits per heavy atom. The molecule has 2 aliphatic heterocycles. The molecule has 2 aliphatic rings. The van der Waals surface area contributed by atoms with Gasteiger partial charge in [0.15, 0.2) is 0 Å². The van der Waals surface area contributed by atoms with E-state index in [1.165, 1.54) is 17.0 Å². The van der Waals surface area contributed by atoms with Gasteiger partial charge in [-0.05, 0) is 74.4 Å². The fraction of sp³-hybridized carbons (Fsp3) is 0.370. The molecule has 1 amide bonds. The number of thioether (sulfide) groups is 1. The molecule has 2 fully saturated rings. The largest absolute Gasteiger partial charge is 0.361 e. The summed E-state index contributed by atoms with van der Waals surface area (Å²) in [6, 6.07) is 9.30. The van der Waals surface area contributed by atoms with Gasteiger partial charge in [-0.25, -0.2) is 13.8 Å². The molecule has 1 atom stereocenters. The Labute approximate surface area is 211 Å². The van der Waals surface area contributed by atoms with Crippen molar-refractivity contribution >= 4 is 34.4 Å². The van der Waals surface area contributed by atoms with Gasteiger partial charge in [0.05, 0.1) is 28.5 Å². The molecular formula is C27H26F2N4O2S. The molecule has 4 aromatic rings. The zero-order chi connectivity index (χ0) is 25.0. The molecule has 0 radical (unpaired) electrons. The first-order valence-electron chi connectivity index (χ1n) is 12.2. The lowest BCUT2D eigenvalue weighted by atomic mass is 10.0. The SMILES string of the molecule is Cc1noc(C)c1-c1ccc2c(c1)nc(C1CCC(=O)N1c1cc(F)cc(F)c1)n2C1CCSCC1. The Balaban J connectivity index is 1.52. The average molecular weight is 509 g/mol. The molecule has 2 aromatic heterocycles. The first-order valence-corrected chi connectivity index (χ1v) is 13.4. The number of fused-ring (bicyclic) bond motifs is 1. The van der Waals surface area contributed by atoms with Crippen LogP contribution in [0.2, 0.25) is 0 Å². The number of aromatic nitrogens is 3. The number of nitrogens with zero attached hydrogens (tertiary/aromatic N) is 4. The van der Waals surface area contributed by atoms with E-state index in [9.17, 15) is 13.6 Å². The number of imidazole rings is 1. The van der Waals surface area contributed by atoms with E-state index >= 15 is 0 Å². The molecule has 36 heavy (non-hydrogen) atoms. The van der Waals surface area contributed by atoms with Crippen LogP contribution in [-0.4, -0.2) is 32.1 Å². The van der Waals surface area contributed by atoms with Crippen molar-refractivity contribution in [1.82, 2.24) is 14.7 Å². The lowest BCUT2D eigenvalue weighted by Crippen LogP contribution is -2.30. The predicted molar refractivity (Wildman–Crippen MR) is 136 cm³/mol. The van der Waals surface area contributed by atoms with Crippen LogP contribution in [-0.2, 0) is 4.79 Å². The summed E-state index contributed by atoms with van der Waals surface area (Å²) in [6.07, 6.45) is 2.85. The van der Waals surface area contributed by atoms with Crippen LogP contribution in [0.5, 0.6) is 0 Å². The molecule has 4 heterocycles. The highest BCUT2D eigenvalue weighted by molar-refractivity contribution is 7.99. The second-order valence-electron chi connectivity index (χ2n) is 9.53. The summed E-state index contributed by atoms with van der Waals surface area (Å²) in [5.41, 5.74) is 4.80. The maximum Gasteiger partial charge on any atom is 0.227 e. The summed E-state index contributed by atoms with van der Waals surface area (Å²) in [6.45, 7) is 3.81. The lowest BCUT2D eigenvalue weighted by molar-refractivity contribution is -0.117. The van der Waals surface area contributed by atoms with Crippen molar-refractivity contribution in [2.45, 2.75) is 51.6 Å². The highest BCUT2D eigenvalue weighted by atomic mass is 32.2. The fourth-order valence-corrected chi connectivity index (χ4v) is 6.74. The number of hydrogen-bond donors (Lipinski definition) is 0. The van der Waals surface area contributed by atoms with E-state index in [1.54, 1.807) is 0 Å². The summed E-state index contributed by atoms with van der Waals surface area (Å²) in [4.78, 5) is 19.6. The molecular weight excluding hydrogens is 482 g/mol. The van der Waals surface area contributed by atoms with E-state index in [1.807, 2.05) is 31.7 Å². The van der Waals surface area contributed by atoms with E-state index < -0.39 is 17.7 Å². The first-order chi connectivity index (χ1) is 17.4. The van der Waals surface area contributed by atoms with Crippen molar-refractivity contribution in [1.29, 1.82) is 0 Å². The van der Waals surface area contributed by atoms with Gasteiger partial charge in [-0.2, -0.15) is 11.8 Å². The lowest BCUT2D eigenvalue weighted by Gasteiger charge is -2.30. The number of anilines is 1. The smallest absolute Gasteiger partial charge is 0.227 e. The van der Waals surface area contributed by atoms with Crippen LogP contribution >= 0.6 is 11.8 Å². The van der Waals surface area contributed by atoms with Crippen LogP contribution in [0.4, 0.5) is 14.5 Å². The monoisotopic (exact) mass is 508 g/mol. The normalized spacial score (nSPS) is 19.1. The number of hydrogen-bond acceptors (Lipinski definition) is 5. The zero-order valence-corrected chi connectivity index (χ0v) is 20.9. The van der Waals surface area contributed by atoms with Gasteiger partial charge in [-0.3, -0.25) is 4.79 Å². The molecule has 186 valence electrons. The van der Waals surface area contributed by atoms with Gasteiger partial charge >= 0.3 is 0 Å². The molecule has 0 aliphatic carbocycles. The Kier molecular flexibility index (Phi) is 5.82. The Morgan fingerprint density at radius 1 is 1.03 bits per heavy atom. The molecule has 6 rings (SSSR count). The molecule has 2 saturated heterocycles.